The Morgan fingerprint density at radius 1 is 1.27 bits per heavy atom. The van der Waals surface area contributed by atoms with Gasteiger partial charge in [-0.3, -0.25) is 4.79 Å². The highest BCUT2D eigenvalue weighted by Crippen LogP contribution is 2.38. The quantitative estimate of drug-likeness (QED) is 0.436. The van der Waals surface area contributed by atoms with Crippen LogP contribution in [0.3, 0.4) is 0 Å². The second kappa shape index (κ2) is 8.56. The van der Waals surface area contributed by atoms with Gasteiger partial charge < -0.3 is 19.7 Å². The number of ether oxygens (including phenoxy) is 1. The number of fused-ring (bicyclic) bond motifs is 5. The fraction of sp³-hybridized carbons (Fsp3) is 0.400. The Kier molecular flexibility index (Phi) is 6.07. The summed E-state index contributed by atoms with van der Waals surface area (Å²) in [6.07, 6.45) is 0.979. The van der Waals surface area contributed by atoms with Crippen molar-refractivity contribution in [3.63, 3.8) is 0 Å². The molecule has 0 saturated carbocycles. The normalized spacial score (nSPS) is 18.5. The first-order chi connectivity index (χ1) is 15.3. The van der Waals surface area contributed by atoms with Gasteiger partial charge >= 0.3 is 5.97 Å². The van der Waals surface area contributed by atoms with Gasteiger partial charge in [-0.1, -0.05) is 39.0 Å². The molecule has 7 nitrogen and oxygen atoms in total. The standard InChI is InChI=1S/C25H27N3O4.ClH/c1-4-25(31)19-11-20-22-17(12-28(20)23(29)18(19)13-32-24(25)30)10-16-7-5-6-15(21(16)27-22)8-9-26-14(2)3;/h5-7,10-11,14,26,31H,4,8-9,12-13H2,1-3H3;1H/t25-;/m0./s1. The molecular weight excluding hydrogens is 442 g/mol. The van der Waals surface area contributed by atoms with Crippen LogP contribution in [0, 0.1) is 0 Å². The Labute approximate surface area is 198 Å². The maximum absolute atomic E-state index is 13.3. The van der Waals surface area contributed by atoms with Crippen LogP contribution in [0.2, 0.25) is 0 Å². The number of halogens is 1. The fourth-order valence-electron chi connectivity index (χ4n) is 4.77. The molecule has 0 aliphatic carbocycles. The molecule has 1 aromatic carbocycles. The van der Waals surface area contributed by atoms with Gasteiger partial charge in [-0.15, -0.1) is 12.4 Å². The summed E-state index contributed by atoms with van der Waals surface area (Å²) >= 11 is 0. The second-order valence-electron chi connectivity index (χ2n) is 8.95. The van der Waals surface area contributed by atoms with Crippen LogP contribution >= 0.6 is 12.4 Å². The van der Waals surface area contributed by atoms with E-state index in [0.717, 1.165) is 40.7 Å². The van der Waals surface area contributed by atoms with Crippen molar-refractivity contribution >= 4 is 29.3 Å². The van der Waals surface area contributed by atoms with Crippen molar-refractivity contribution in [3.05, 3.63) is 62.9 Å². The largest absolute Gasteiger partial charge is 0.458 e. The number of aliphatic hydroxyl groups is 1. The predicted octanol–water partition coefficient (Wildman–Crippen LogP) is 3.04. The predicted molar refractivity (Wildman–Crippen MR) is 129 cm³/mol. The molecule has 2 aliphatic heterocycles. The monoisotopic (exact) mass is 469 g/mol. The third kappa shape index (κ3) is 3.64. The van der Waals surface area contributed by atoms with Crippen LogP contribution in [0.1, 0.15) is 49.4 Å². The zero-order valence-electron chi connectivity index (χ0n) is 19.0. The van der Waals surface area contributed by atoms with Crippen LogP contribution in [0.25, 0.3) is 22.3 Å². The van der Waals surface area contributed by atoms with Gasteiger partial charge in [0.15, 0.2) is 5.60 Å². The topological polar surface area (TPSA) is 93.5 Å². The van der Waals surface area contributed by atoms with Crippen molar-refractivity contribution in [2.75, 3.05) is 6.54 Å². The third-order valence-corrected chi connectivity index (χ3v) is 6.57. The molecule has 174 valence electrons. The Morgan fingerprint density at radius 3 is 2.79 bits per heavy atom. The average Bonchev–Trinajstić information content (AvgIpc) is 3.13. The molecule has 2 aromatic heterocycles. The summed E-state index contributed by atoms with van der Waals surface area (Å²) in [5.74, 6) is -0.707. The van der Waals surface area contributed by atoms with Crippen LogP contribution in [0.15, 0.2) is 35.1 Å². The Hall–Kier alpha value is -2.74. The minimum atomic E-state index is -1.81. The maximum Gasteiger partial charge on any atom is 0.343 e. The molecule has 2 aliphatic rings. The number of para-hydroxylation sites is 1. The van der Waals surface area contributed by atoms with Gasteiger partial charge in [0, 0.05) is 22.6 Å². The lowest BCUT2D eigenvalue weighted by atomic mass is 9.86. The number of rotatable bonds is 5. The number of aromatic nitrogens is 2. The molecule has 4 heterocycles. The summed E-state index contributed by atoms with van der Waals surface area (Å²) in [6, 6.07) is 10.4. The van der Waals surface area contributed by atoms with Gasteiger partial charge in [0.1, 0.15) is 6.61 Å². The number of nitrogens with zero attached hydrogens (tertiary/aromatic N) is 2. The van der Waals surface area contributed by atoms with E-state index in [-0.39, 0.29) is 31.0 Å². The Morgan fingerprint density at radius 2 is 2.06 bits per heavy atom. The van der Waals surface area contributed by atoms with Crippen LogP contribution in [-0.2, 0) is 34.7 Å². The first-order valence-corrected chi connectivity index (χ1v) is 11.2. The van der Waals surface area contributed by atoms with E-state index < -0.39 is 11.6 Å². The minimum absolute atomic E-state index is 0. The van der Waals surface area contributed by atoms with Gasteiger partial charge in [-0.25, -0.2) is 9.78 Å². The zero-order valence-corrected chi connectivity index (χ0v) is 19.8. The van der Waals surface area contributed by atoms with Gasteiger partial charge in [0.25, 0.3) is 5.56 Å². The third-order valence-electron chi connectivity index (χ3n) is 6.57. The van der Waals surface area contributed by atoms with Crippen molar-refractivity contribution in [2.24, 2.45) is 0 Å². The summed E-state index contributed by atoms with van der Waals surface area (Å²) in [5, 5.41) is 15.5. The van der Waals surface area contributed by atoms with Crippen molar-refractivity contribution in [3.8, 4) is 11.4 Å². The van der Waals surface area contributed by atoms with Crippen LogP contribution in [-0.4, -0.2) is 33.2 Å². The lowest BCUT2D eigenvalue weighted by molar-refractivity contribution is -0.172. The fourth-order valence-corrected chi connectivity index (χ4v) is 4.77. The second-order valence-corrected chi connectivity index (χ2v) is 8.95. The van der Waals surface area contributed by atoms with E-state index in [9.17, 15) is 14.7 Å². The number of nitrogens with one attached hydrogen (secondary N) is 1. The van der Waals surface area contributed by atoms with Gasteiger partial charge in [-0.2, -0.15) is 0 Å². The molecule has 0 unspecified atom stereocenters. The van der Waals surface area contributed by atoms with Gasteiger partial charge in [-0.05, 0) is 37.1 Å². The van der Waals surface area contributed by atoms with Crippen LogP contribution < -0.4 is 10.9 Å². The number of carbonyl (C=O) groups is 1. The highest BCUT2D eigenvalue weighted by atomic mass is 35.5. The molecule has 8 heteroatoms. The summed E-state index contributed by atoms with van der Waals surface area (Å²) in [4.78, 5) is 30.6. The minimum Gasteiger partial charge on any atom is -0.458 e. The summed E-state index contributed by atoms with van der Waals surface area (Å²) in [7, 11) is 0. The average molecular weight is 470 g/mol. The number of pyridine rings is 2. The first kappa shape index (κ1) is 23.4. The van der Waals surface area contributed by atoms with E-state index in [4.69, 9.17) is 9.72 Å². The number of hydrogen-bond donors (Lipinski definition) is 2. The zero-order chi connectivity index (χ0) is 22.6. The lowest BCUT2D eigenvalue weighted by Crippen LogP contribution is -2.44. The molecule has 0 bridgehead atoms. The van der Waals surface area contributed by atoms with Crippen molar-refractivity contribution in [1.29, 1.82) is 0 Å². The Bertz CT molecular complexity index is 1320. The molecule has 3 aromatic rings. The molecule has 0 radical (unpaired) electrons. The summed E-state index contributed by atoms with van der Waals surface area (Å²) in [5.41, 5.74) is 3.04. The number of esters is 1. The van der Waals surface area contributed by atoms with E-state index in [1.807, 2.05) is 12.1 Å². The van der Waals surface area contributed by atoms with Crippen LogP contribution in [0.5, 0.6) is 0 Å². The lowest BCUT2D eigenvalue weighted by Gasteiger charge is -2.31. The molecule has 5 rings (SSSR count). The van der Waals surface area contributed by atoms with Crippen molar-refractivity contribution in [1.82, 2.24) is 14.9 Å². The summed E-state index contributed by atoms with van der Waals surface area (Å²) < 4.78 is 6.81. The molecule has 2 N–H and O–H groups in total. The van der Waals surface area contributed by atoms with E-state index in [2.05, 4.69) is 31.3 Å². The van der Waals surface area contributed by atoms with E-state index in [1.54, 1.807) is 17.6 Å². The summed E-state index contributed by atoms with van der Waals surface area (Å²) in [6.45, 7) is 7.10. The maximum atomic E-state index is 13.3. The molecule has 33 heavy (non-hydrogen) atoms. The molecular formula is C25H28ClN3O4. The number of hydrogen-bond acceptors (Lipinski definition) is 6. The van der Waals surface area contributed by atoms with Crippen LogP contribution in [0.4, 0.5) is 0 Å². The highest BCUT2D eigenvalue weighted by molar-refractivity contribution is 5.88. The first-order valence-electron chi connectivity index (χ1n) is 11.2. The molecule has 0 amide bonds. The molecule has 1 atom stereocenters. The number of cyclic esters (lactones) is 1. The molecule has 0 fully saturated rings. The molecule has 0 spiro atoms. The van der Waals surface area contributed by atoms with E-state index in [0.29, 0.717) is 29.4 Å². The smallest absolute Gasteiger partial charge is 0.343 e. The van der Waals surface area contributed by atoms with Gasteiger partial charge in [0.2, 0.25) is 0 Å². The van der Waals surface area contributed by atoms with E-state index in [1.165, 1.54) is 0 Å². The van der Waals surface area contributed by atoms with E-state index >= 15 is 0 Å². The van der Waals surface area contributed by atoms with Gasteiger partial charge in [0.05, 0.1) is 29.0 Å². The Balaban J connectivity index is 0.00000259. The number of carbonyl (C=O) groups excluding carboxylic acids is 1. The molecule has 0 saturated heterocycles. The number of benzene rings is 1. The van der Waals surface area contributed by atoms with Crippen molar-refractivity contribution < 1.29 is 14.6 Å². The SMILES string of the molecule is CC[C@@]1(O)C(=O)OCc2c1cc1n(c2=O)Cc2cc3cccc(CCNC(C)C)c3nc2-1.Cl. The van der Waals surface area contributed by atoms with Crippen molar-refractivity contribution in [2.45, 2.75) is 58.4 Å². The highest BCUT2D eigenvalue weighted by Gasteiger charge is 2.45.